The van der Waals surface area contributed by atoms with E-state index in [1.807, 2.05) is 12.1 Å². The summed E-state index contributed by atoms with van der Waals surface area (Å²) in [5.74, 6) is 0.733. The standard InChI is InChI=1S/C24H29N5O2S/c1-16-2-3-17-6-10-25-23(20(17)12-16)26-13-22(30)28-18-14-29(15-18)19-4-8-24(31,9-5-19)21-7-11-27-32-21/h2-3,6-7,10-12,18-19,31H,4-5,8-9,13-15H2,1H3,(H,25,26)(H,28,30). The van der Waals surface area contributed by atoms with Gasteiger partial charge in [0.2, 0.25) is 5.91 Å². The van der Waals surface area contributed by atoms with Crippen LogP contribution in [0.2, 0.25) is 0 Å². The van der Waals surface area contributed by atoms with Crippen LogP contribution in [-0.4, -0.2) is 57.0 Å². The minimum absolute atomic E-state index is 0.00989. The van der Waals surface area contributed by atoms with Crippen LogP contribution in [-0.2, 0) is 10.4 Å². The topological polar surface area (TPSA) is 90.4 Å². The summed E-state index contributed by atoms with van der Waals surface area (Å²) in [6.07, 6.45) is 7.02. The SMILES string of the molecule is Cc1ccc2ccnc(NCC(=O)NC3CN(C4CCC(O)(c5ccns5)CC4)C3)c2c1. The van der Waals surface area contributed by atoms with E-state index >= 15 is 0 Å². The first-order chi connectivity index (χ1) is 15.5. The Morgan fingerprint density at radius 1 is 1.22 bits per heavy atom. The third-order valence-electron chi connectivity index (χ3n) is 6.81. The molecule has 2 fully saturated rings. The molecule has 0 radical (unpaired) electrons. The van der Waals surface area contributed by atoms with E-state index in [4.69, 9.17) is 0 Å². The highest BCUT2D eigenvalue weighted by Gasteiger charge is 2.41. The van der Waals surface area contributed by atoms with Crippen molar-refractivity contribution in [1.29, 1.82) is 0 Å². The highest BCUT2D eigenvalue weighted by Crippen LogP contribution is 2.40. The highest BCUT2D eigenvalue weighted by molar-refractivity contribution is 7.05. The summed E-state index contributed by atoms with van der Waals surface area (Å²) in [5.41, 5.74) is 0.455. The number of anilines is 1. The maximum Gasteiger partial charge on any atom is 0.239 e. The van der Waals surface area contributed by atoms with Gasteiger partial charge in [-0.1, -0.05) is 17.7 Å². The summed E-state index contributed by atoms with van der Waals surface area (Å²) in [5, 5.41) is 19.4. The van der Waals surface area contributed by atoms with Gasteiger partial charge in [0, 0.05) is 36.9 Å². The average molecular weight is 452 g/mol. The summed E-state index contributed by atoms with van der Waals surface area (Å²) in [6.45, 7) is 4.02. The predicted octanol–water partition coefficient (Wildman–Crippen LogP) is 3.04. The second kappa shape index (κ2) is 8.77. The first-order valence-corrected chi connectivity index (χ1v) is 12.0. The van der Waals surface area contributed by atoms with Crippen molar-refractivity contribution in [2.75, 3.05) is 25.0 Å². The van der Waals surface area contributed by atoms with Crippen LogP contribution < -0.4 is 10.6 Å². The monoisotopic (exact) mass is 451 g/mol. The van der Waals surface area contributed by atoms with E-state index in [9.17, 15) is 9.90 Å². The molecule has 0 bridgehead atoms. The summed E-state index contributed by atoms with van der Waals surface area (Å²) in [6, 6.07) is 10.8. The molecule has 1 saturated carbocycles. The Balaban J connectivity index is 1.07. The van der Waals surface area contributed by atoms with E-state index < -0.39 is 5.60 Å². The number of benzene rings is 1. The fourth-order valence-electron chi connectivity index (χ4n) is 4.92. The molecule has 0 unspecified atom stereocenters. The van der Waals surface area contributed by atoms with Gasteiger partial charge >= 0.3 is 0 Å². The summed E-state index contributed by atoms with van der Waals surface area (Å²) < 4.78 is 4.14. The number of amides is 1. The normalized spacial score (nSPS) is 24.2. The van der Waals surface area contributed by atoms with Crippen LogP contribution in [0.25, 0.3) is 10.8 Å². The number of carbonyl (C=O) groups is 1. The molecule has 168 valence electrons. The molecule has 1 aliphatic carbocycles. The Bertz CT molecular complexity index is 1090. The number of aryl methyl sites for hydroxylation is 1. The van der Waals surface area contributed by atoms with Crippen molar-refractivity contribution in [2.24, 2.45) is 0 Å². The molecule has 0 spiro atoms. The van der Waals surface area contributed by atoms with E-state index in [-0.39, 0.29) is 18.5 Å². The summed E-state index contributed by atoms with van der Waals surface area (Å²) >= 11 is 1.40. The maximum absolute atomic E-state index is 12.5. The van der Waals surface area contributed by atoms with Gasteiger partial charge in [-0.3, -0.25) is 9.69 Å². The molecule has 5 rings (SSSR count). The number of carbonyl (C=O) groups excluding carboxylic acids is 1. The van der Waals surface area contributed by atoms with Crippen LogP contribution in [0.3, 0.4) is 0 Å². The predicted molar refractivity (Wildman–Crippen MR) is 127 cm³/mol. The van der Waals surface area contributed by atoms with Gasteiger partial charge in [0.15, 0.2) is 0 Å². The quantitative estimate of drug-likeness (QED) is 0.534. The van der Waals surface area contributed by atoms with Crippen molar-refractivity contribution in [1.82, 2.24) is 19.6 Å². The number of nitrogens with zero attached hydrogens (tertiary/aromatic N) is 3. The Kier molecular flexibility index (Phi) is 5.84. The van der Waals surface area contributed by atoms with Gasteiger partial charge in [-0.15, -0.1) is 0 Å². The van der Waals surface area contributed by atoms with Crippen LogP contribution in [0.5, 0.6) is 0 Å². The lowest BCUT2D eigenvalue weighted by Gasteiger charge is -2.48. The van der Waals surface area contributed by atoms with Crippen molar-refractivity contribution < 1.29 is 9.90 Å². The molecule has 3 N–H and O–H groups in total. The zero-order chi connectivity index (χ0) is 22.1. The van der Waals surface area contributed by atoms with E-state index in [1.165, 1.54) is 17.1 Å². The molecule has 2 aliphatic rings. The van der Waals surface area contributed by atoms with Gasteiger partial charge in [-0.2, -0.15) is 0 Å². The molecular formula is C24H29N5O2S. The Hall–Kier alpha value is -2.55. The van der Waals surface area contributed by atoms with Gasteiger partial charge in [0.25, 0.3) is 0 Å². The molecule has 0 atom stereocenters. The largest absolute Gasteiger partial charge is 0.384 e. The molecule has 1 amide bonds. The van der Waals surface area contributed by atoms with E-state index in [0.29, 0.717) is 6.04 Å². The molecule has 1 aromatic carbocycles. The minimum Gasteiger partial charge on any atom is -0.384 e. The van der Waals surface area contributed by atoms with Crippen molar-refractivity contribution in [3.05, 3.63) is 53.2 Å². The third kappa shape index (κ3) is 4.35. The van der Waals surface area contributed by atoms with Gasteiger partial charge in [0.1, 0.15) is 11.4 Å². The number of pyridine rings is 1. The van der Waals surface area contributed by atoms with Crippen molar-refractivity contribution in [3.63, 3.8) is 0 Å². The van der Waals surface area contributed by atoms with Crippen LogP contribution in [0.15, 0.2) is 42.7 Å². The van der Waals surface area contributed by atoms with Gasteiger partial charge in [-0.05, 0) is 67.7 Å². The second-order valence-corrected chi connectivity index (χ2v) is 9.93. The molecule has 1 saturated heterocycles. The van der Waals surface area contributed by atoms with Crippen LogP contribution in [0.4, 0.5) is 5.82 Å². The zero-order valence-corrected chi connectivity index (χ0v) is 19.1. The van der Waals surface area contributed by atoms with Crippen molar-refractivity contribution >= 4 is 34.0 Å². The number of hydrogen-bond donors (Lipinski definition) is 3. The number of nitrogens with one attached hydrogen (secondary N) is 2. The molecular weight excluding hydrogens is 422 g/mol. The molecule has 2 aromatic heterocycles. The maximum atomic E-state index is 12.5. The van der Waals surface area contributed by atoms with Gasteiger partial charge in [0.05, 0.1) is 17.5 Å². The van der Waals surface area contributed by atoms with E-state index in [0.717, 1.165) is 60.2 Å². The van der Waals surface area contributed by atoms with Crippen LogP contribution >= 0.6 is 11.5 Å². The lowest BCUT2D eigenvalue weighted by atomic mass is 9.80. The van der Waals surface area contributed by atoms with Gasteiger partial charge < -0.3 is 15.7 Å². The number of hydrogen-bond acceptors (Lipinski definition) is 7. The minimum atomic E-state index is -0.712. The summed E-state index contributed by atoms with van der Waals surface area (Å²) in [4.78, 5) is 20.3. The van der Waals surface area contributed by atoms with Crippen LogP contribution in [0, 0.1) is 6.92 Å². The van der Waals surface area contributed by atoms with Crippen LogP contribution in [0.1, 0.15) is 36.1 Å². The third-order valence-corrected chi connectivity index (χ3v) is 7.75. The molecule has 3 heterocycles. The molecule has 1 aliphatic heterocycles. The fraction of sp³-hybridized carbons (Fsp3) is 0.458. The second-order valence-electron chi connectivity index (χ2n) is 9.10. The Morgan fingerprint density at radius 2 is 2.03 bits per heavy atom. The zero-order valence-electron chi connectivity index (χ0n) is 18.3. The Morgan fingerprint density at radius 3 is 2.78 bits per heavy atom. The smallest absolute Gasteiger partial charge is 0.239 e. The number of aromatic nitrogens is 2. The lowest BCUT2D eigenvalue weighted by Crippen LogP contribution is -2.63. The molecule has 8 heteroatoms. The number of fused-ring (bicyclic) bond motifs is 1. The summed E-state index contributed by atoms with van der Waals surface area (Å²) in [7, 11) is 0. The fourth-order valence-corrected chi connectivity index (χ4v) is 5.65. The first-order valence-electron chi connectivity index (χ1n) is 11.3. The first kappa shape index (κ1) is 21.3. The number of rotatable bonds is 6. The van der Waals surface area contributed by atoms with Crippen molar-refractivity contribution in [2.45, 2.75) is 50.3 Å². The highest BCUT2D eigenvalue weighted by atomic mass is 32.1. The lowest BCUT2D eigenvalue weighted by molar-refractivity contribution is -0.121. The number of likely N-dealkylation sites (tertiary alicyclic amines) is 1. The van der Waals surface area contributed by atoms with Gasteiger partial charge in [-0.25, -0.2) is 9.36 Å². The average Bonchev–Trinajstić information content (AvgIpc) is 3.31. The molecule has 3 aromatic rings. The molecule has 32 heavy (non-hydrogen) atoms. The van der Waals surface area contributed by atoms with Crippen molar-refractivity contribution in [3.8, 4) is 0 Å². The number of aliphatic hydroxyl groups is 1. The molecule has 7 nitrogen and oxygen atoms in total. The Labute approximate surface area is 192 Å². The van der Waals surface area contributed by atoms with E-state index in [1.54, 1.807) is 12.4 Å². The van der Waals surface area contributed by atoms with E-state index in [2.05, 4.69) is 50.0 Å².